The van der Waals surface area contributed by atoms with Gasteiger partial charge in [-0.05, 0) is 38.2 Å². The smallest absolute Gasteiger partial charge is 0.312 e. The zero-order valence-electron chi connectivity index (χ0n) is 13.4. The molecule has 23 heavy (non-hydrogen) atoms. The summed E-state index contributed by atoms with van der Waals surface area (Å²) in [6.07, 6.45) is 6.80. The van der Waals surface area contributed by atoms with Crippen molar-refractivity contribution in [3.8, 4) is 0 Å². The van der Waals surface area contributed by atoms with Crippen molar-refractivity contribution in [2.45, 2.75) is 45.6 Å². The average Bonchev–Trinajstić information content (AvgIpc) is 2.95. The third kappa shape index (κ3) is 4.09. The summed E-state index contributed by atoms with van der Waals surface area (Å²) < 4.78 is 11.0. The van der Waals surface area contributed by atoms with Crippen LogP contribution >= 0.6 is 0 Å². The van der Waals surface area contributed by atoms with Gasteiger partial charge in [-0.3, -0.25) is 4.79 Å². The van der Waals surface area contributed by atoms with Crippen LogP contribution in [-0.2, 0) is 22.6 Å². The first-order valence-electron chi connectivity index (χ1n) is 8.07. The molecule has 4 nitrogen and oxygen atoms in total. The van der Waals surface area contributed by atoms with Crippen LogP contribution in [0.2, 0.25) is 0 Å². The lowest BCUT2D eigenvalue weighted by Crippen LogP contribution is -2.09. The Balaban J connectivity index is 1.60. The summed E-state index contributed by atoms with van der Waals surface area (Å²) in [6, 6.07) is 9.65. The van der Waals surface area contributed by atoms with Crippen LogP contribution in [0.3, 0.4) is 0 Å². The van der Waals surface area contributed by atoms with Gasteiger partial charge in [0.2, 0.25) is 5.89 Å². The van der Waals surface area contributed by atoms with Gasteiger partial charge in [-0.2, -0.15) is 0 Å². The monoisotopic (exact) mass is 311 g/mol. The van der Waals surface area contributed by atoms with Gasteiger partial charge in [-0.25, -0.2) is 4.98 Å². The first-order chi connectivity index (χ1) is 11.2. The minimum Gasteiger partial charge on any atom is -0.461 e. The minimum atomic E-state index is -0.283. The molecule has 4 heteroatoms. The van der Waals surface area contributed by atoms with Crippen LogP contribution in [0.1, 0.15) is 48.6 Å². The third-order valence-electron chi connectivity index (χ3n) is 4.01. The molecule has 0 bridgehead atoms. The van der Waals surface area contributed by atoms with Gasteiger partial charge in [0.05, 0.1) is 12.1 Å². The van der Waals surface area contributed by atoms with Gasteiger partial charge in [0.15, 0.2) is 0 Å². The maximum absolute atomic E-state index is 12.0. The highest BCUT2D eigenvalue weighted by Gasteiger charge is 2.17. The highest BCUT2D eigenvalue weighted by atomic mass is 16.5. The van der Waals surface area contributed by atoms with Gasteiger partial charge in [0.25, 0.3) is 0 Å². The summed E-state index contributed by atoms with van der Waals surface area (Å²) in [6.45, 7) is 2.13. The average molecular weight is 311 g/mol. The molecule has 0 spiro atoms. The second-order valence-corrected chi connectivity index (χ2v) is 5.82. The lowest BCUT2D eigenvalue weighted by molar-refractivity contribution is -0.144. The van der Waals surface area contributed by atoms with E-state index < -0.39 is 0 Å². The van der Waals surface area contributed by atoms with Crippen molar-refractivity contribution in [1.82, 2.24) is 4.98 Å². The largest absolute Gasteiger partial charge is 0.461 e. The van der Waals surface area contributed by atoms with Crippen molar-refractivity contribution in [2.24, 2.45) is 0 Å². The van der Waals surface area contributed by atoms with E-state index in [2.05, 4.69) is 11.1 Å². The van der Waals surface area contributed by atoms with Crippen LogP contribution in [0.4, 0.5) is 0 Å². The Labute approximate surface area is 136 Å². The quantitative estimate of drug-likeness (QED) is 0.776. The predicted octanol–water partition coefficient (Wildman–Crippen LogP) is 4.23. The van der Waals surface area contributed by atoms with Gasteiger partial charge in [0.1, 0.15) is 12.4 Å². The van der Waals surface area contributed by atoms with E-state index in [4.69, 9.17) is 9.15 Å². The molecule has 0 unspecified atom stereocenters. The van der Waals surface area contributed by atoms with Crippen molar-refractivity contribution in [3.05, 3.63) is 59.3 Å². The second kappa shape index (κ2) is 7.27. The summed E-state index contributed by atoms with van der Waals surface area (Å²) in [5.74, 6) is 1.07. The molecule has 1 aromatic heterocycles. The van der Waals surface area contributed by atoms with Crippen LogP contribution < -0.4 is 0 Å². The summed E-state index contributed by atoms with van der Waals surface area (Å²) in [7, 11) is 0. The minimum absolute atomic E-state index is 0.148. The Morgan fingerprint density at radius 2 is 2.09 bits per heavy atom. The van der Waals surface area contributed by atoms with Gasteiger partial charge in [-0.15, -0.1) is 0 Å². The molecule has 2 aromatic rings. The predicted molar refractivity (Wildman–Crippen MR) is 87.6 cm³/mol. The Kier molecular flexibility index (Phi) is 4.91. The van der Waals surface area contributed by atoms with Gasteiger partial charge >= 0.3 is 5.97 Å². The molecule has 0 radical (unpaired) electrons. The van der Waals surface area contributed by atoms with Crippen molar-refractivity contribution in [1.29, 1.82) is 0 Å². The van der Waals surface area contributed by atoms with Crippen molar-refractivity contribution < 1.29 is 13.9 Å². The number of ether oxygens (including phenoxy) is 1. The second-order valence-electron chi connectivity index (χ2n) is 5.82. The number of rotatable bonds is 5. The molecular formula is C19H21NO3. The molecule has 1 aromatic carbocycles. The number of esters is 1. The summed E-state index contributed by atoms with van der Waals surface area (Å²) in [5, 5.41) is 0. The van der Waals surface area contributed by atoms with Crippen LogP contribution in [-0.4, -0.2) is 11.0 Å². The van der Waals surface area contributed by atoms with Crippen LogP contribution in [0.15, 0.2) is 40.8 Å². The normalized spacial score (nSPS) is 14.4. The summed E-state index contributed by atoms with van der Waals surface area (Å²) >= 11 is 0. The zero-order chi connectivity index (χ0) is 16.1. The first-order valence-corrected chi connectivity index (χ1v) is 8.07. The number of aryl methyl sites for hydroxylation is 1. The van der Waals surface area contributed by atoms with E-state index in [1.165, 1.54) is 12.8 Å². The summed E-state index contributed by atoms with van der Waals surface area (Å²) in [4.78, 5) is 16.5. The van der Waals surface area contributed by atoms with Crippen molar-refractivity contribution in [2.75, 3.05) is 0 Å². The van der Waals surface area contributed by atoms with Crippen LogP contribution in [0.5, 0.6) is 0 Å². The molecule has 0 aliphatic heterocycles. The van der Waals surface area contributed by atoms with E-state index in [1.54, 1.807) is 0 Å². The molecule has 0 saturated heterocycles. The Bertz CT molecular complexity index is 701. The molecule has 3 rings (SSSR count). The molecule has 1 aliphatic rings. The number of oxazole rings is 1. The fourth-order valence-electron chi connectivity index (χ4n) is 2.69. The van der Waals surface area contributed by atoms with Crippen LogP contribution in [0.25, 0.3) is 5.57 Å². The fourth-order valence-corrected chi connectivity index (χ4v) is 2.69. The van der Waals surface area contributed by atoms with E-state index >= 15 is 0 Å². The molecule has 0 N–H and O–H groups in total. The van der Waals surface area contributed by atoms with Gasteiger partial charge in [-0.1, -0.05) is 36.4 Å². The molecular weight excluding hydrogens is 290 g/mol. The number of hydrogen-bond donors (Lipinski definition) is 0. The van der Waals surface area contributed by atoms with Gasteiger partial charge < -0.3 is 9.15 Å². The topological polar surface area (TPSA) is 52.3 Å². The maximum atomic E-state index is 12.0. The van der Waals surface area contributed by atoms with E-state index in [1.807, 2.05) is 37.3 Å². The lowest BCUT2D eigenvalue weighted by Gasteiger charge is -2.08. The molecule has 0 fully saturated rings. The first kappa shape index (κ1) is 15.5. The number of benzene rings is 1. The Hall–Kier alpha value is -2.36. The van der Waals surface area contributed by atoms with Crippen molar-refractivity contribution >= 4 is 11.5 Å². The Morgan fingerprint density at radius 1 is 1.26 bits per heavy atom. The number of aromatic nitrogens is 1. The van der Waals surface area contributed by atoms with Crippen LogP contribution in [0, 0.1) is 6.92 Å². The molecule has 0 amide bonds. The maximum Gasteiger partial charge on any atom is 0.312 e. The highest BCUT2D eigenvalue weighted by molar-refractivity contribution is 5.72. The highest BCUT2D eigenvalue weighted by Crippen LogP contribution is 2.27. The van der Waals surface area contributed by atoms with Gasteiger partial charge in [0, 0.05) is 5.57 Å². The molecule has 1 aliphatic carbocycles. The van der Waals surface area contributed by atoms with E-state index in [9.17, 15) is 4.79 Å². The fraction of sp³-hybridized carbons (Fsp3) is 0.368. The molecule has 0 saturated carbocycles. The Morgan fingerprint density at radius 3 is 2.83 bits per heavy atom. The van der Waals surface area contributed by atoms with E-state index in [0.29, 0.717) is 17.3 Å². The zero-order valence-corrected chi connectivity index (χ0v) is 13.4. The lowest BCUT2D eigenvalue weighted by atomic mass is 10.00. The molecule has 0 atom stereocenters. The third-order valence-corrected chi connectivity index (χ3v) is 4.01. The number of carbonyl (C=O) groups is 1. The number of hydrogen-bond acceptors (Lipinski definition) is 4. The number of allylic oxidation sites excluding steroid dienone is 2. The van der Waals surface area contributed by atoms with E-state index in [0.717, 1.165) is 24.0 Å². The number of nitrogens with zero attached hydrogens (tertiary/aromatic N) is 1. The van der Waals surface area contributed by atoms with Crippen molar-refractivity contribution in [3.63, 3.8) is 0 Å². The number of carbonyl (C=O) groups excluding carboxylic acids is 1. The standard InChI is InChI=1S/C19H21NO3/c1-14-17(20-19(23-14)16-10-6-3-7-11-16)12-18(21)22-13-15-8-4-2-5-9-15/h2,4-5,8-10H,3,6-7,11-13H2,1H3. The molecule has 120 valence electrons. The summed E-state index contributed by atoms with van der Waals surface area (Å²) in [5.41, 5.74) is 2.80. The SMILES string of the molecule is Cc1oc(C2=CCCCC2)nc1CC(=O)OCc1ccccc1. The molecule has 1 heterocycles. The van der Waals surface area contributed by atoms with E-state index in [-0.39, 0.29) is 19.0 Å².